The molecule has 0 atom stereocenters. The molecule has 2 saturated heterocycles. The van der Waals surface area contributed by atoms with Gasteiger partial charge in [-0.25, -0.2) is 0 Å². The van der Waals surface area contributed by atoms with Crippen molar-refractivity contribution in [3.8, 4) is 0 Å². The molecule has 2 aliphatic rings. The molecule has 0 saturated carbocycles. The molecule has 6 heteroatoms. The lowest BCUT2D eigenvalue weighted by Crippen LogP contribution is -2.67. The first-order chi connectivity index (χ1) is 8.06. The number of carbonyl (C=O) groups excluding carboxylic acids is 2. The predicted molar refractivity (Wildman–Crippen MR) is 59.9 cm³/mol. The first kappa shape index (κ1) is 10.3. The Balaban J connectivity index is 2.16. The Labute approximate surface area is 98.5 Å². The summed E-state index contributed by atoms with van der Waals surface area (Å²) in [6, 6.07) is 9.21. The Bertz CT molecular complexity index is 481. The summed E-state index contributed by atoms with van der Waals surface area (Å²) in [5, 5.41) is 0. The van der Waals surface area contributed by atoms with Crippen LogP contribution in [0, 0.1) is 0 Å². The van der Waals surface area contributed by atoms with Crippen molar-refractivity contribution < 1.29 is 23.3 Å². The van der Waals surface area contributed by atoms with Gasteiger partial charge in [-0.15, -0.1) is 0 Å². The second-order valence-corrected chi connectivity index (χ2v) is 4.86. The van der Waals surface area contributed by atoms with Crippen molar-refractivity contribution in [1.29, 1.82) is 0 Å². The third kappa shape index (κ3) is 1.24. The number of likely N-dealkylation sites (N-methyl/N-ethyl adjacent to an activating group) is 1. The molecule has 2 aliphatic heterocycles. The highest BCUT2D eigenvalue weighted by molar-refractivity contribution is 6.79. The molecular weight excluding hydrogens is 221 g/mol. The van der Waals surface area contributed by atoms with E-state index in [-0.39, 0.29) is 29.4 Å². The molecule has 0 amide bonds. The predicted octanol–water partition coefficient (Wildman–Crippen LogP) is -0.607. The highest BCUT2D eigenvalue weighted by Gasteiger charge is 2.65. The van der Waals surface area contributed by atoms with E-state index in [1.54, 1.807) is 0 Å². The standard InChI is InChI=1S/C11H12BNO4/c1-13-7-10(14)16-12(13,17-11(15)8-13)9-5-3-2-4-6-9/h2-6H,7-8H2,1H3. The van der Waals surface area contributed by atoms with Crippen molar-refractivity contribution in [1.82, 2.24) is 0 Å². The van der Waals surface area contributed by atoms with Gasteiger partial charge in [-0.05, 0) is 0 Å². The van der Waals surface area contributed by atoms with Crippen LogP contribution < -0.4 is 5.46 Å². The summed E-state index contributed by atoms with van der Waals surface area (Å²) in [4.78, 5) is 23.1. The van der Waals surface area contributed by atoms with E-state index in [9.17, 15) is 9.59 Å². The quantitative estimate of drug-likeness (QED) is 0.607. The van der Waals surface area contributed by atoms with Crippen LogP contribution in [-0.2, 0) is 18.9 Å². The topological polar surface area (TPSA) is 52.6 Å². The first-order valence-corrected chi connectivity index (χ1v) is 5.53. The molecule has 0 spiro atoms. The average molecular weight is 233 g/mol. The smallest absolute Gasteiger partial charge is 0.596 e. The third-order valence-corrected chi connectivity index (χ3v) is 3.60. The van der Waals surface area contributed by atoms with Gasteiger partial charge in [0, 0.05) is 7.05 Å². The van der Waals surface area contributed by atoms with E-state index in [1.165, 1.54) is 0 Å². The summed E-state index contributed by atoms with van der Waals surface area (Å²) >= 11 is 0. The Hall–Kier alpha value is -1.82. The van der Waals surface area contributed by atoms with E-state index < -0.39 is 6.69 Å². The van der Waals surface area contributed by atoms with E-state index in [1.807, 2.05) is 37.4 Å². The van der Waals surface area contributed by atoms with Gasteiger partial charge >= 0.3 is 18.6 Å². The van der Waals surface area contributed by atoms with Crippen LogP contribution in [0.5, 0.6) is 0 Å². The zero-order valence-corrected chi connectivity index (χ0v) is 9.46. The number of quaternary nitrogens is 1. The molecule has 88 valence electrons. The third-order valence-electron chi connectivity index (χ3n) is 3.60. The lowest BCUT2D eigenvalue weighted by atomic mass is 9.61. The van der Waals surface area contributed by atoms with Crippen LogP contribution in [-0.4, -0.2) is 43.2 Å². The molecule has 2 fully saturated rings. The van der Waals surface area contributed by atoms with Crippen molar-refractivity contribution in [2.75, 3.05) is 20.1 Å². The molecule has 17 heavy (non-hydrogen) atoms. The molecule has 5 nitrogen and oxygen atoms in total. The van der Waals surface area contributed by atoms with Crippen molar-refractivity contribution in [3.63, 3.8) is 0 Å². The van der Waals surface area contributed by atoms with Crippen LogP contribution in [0.25, 0.3) is 0 Å². The molecule has 0 aromatic heterocycles. The van der Waals surface area contributed by atoms with Crippen LogP contribution in [0.2, 0.25) is 0 Å². The highest BCUT2D eigenvalue weighted by atomic mass is 16.7. The van der Waals surface area contributed by atoms with Gasteiger partial charge in [0.1, 0.15) is 13.1 Å². The normalized spacial score (nSPS) is 35.4. The summed E-state index contributed by atoms with van der Waals surface area (Å²) in [6.45, 7) is -1.69. The van der Waals surface area contributed by atoms with Crippen LogP contribution in [0.15, 0.2) is 30.3 Å². The summed E-state index contributed by atoms with van der Waals surface area (Å²) in [5.74, 6) is -0.632. The molecule has 3 rings (SSSR count). The second-order valence-electron chi connectivity index (χ2n) is 4.86. The fourth-order valence-corrected chi connectivity index (χ4v) is 2.79. The minimum atomic E-state index is -2.05. The van der Waals surface area contributed by atoms with E-state index >= 15 is 0 Å². The van der Waals surface area contributed by atoms with E-state index in [0.717, 1.165) is 5.46 Å². The maximum absolute atomic E-state index is 11.5. The van der Waals surface area contributed by atoms with Crippen LogP contribution in [0.1, 0.15) is 0 Å². The van der Waals surface area contributed by atoms with Crippen LogP contribution in [0.3, 0.4) is 0 Å². The van der Waals surface area contributed by atoms with Crippen LogP contribution >= 0.6 is 0 Å². The molecule has 1 aromatic carbocycles. The zero-order chi connectivity index (χ0) is 12.1. The summed E-state index contributed by atoms with van der Waals surface area (Å²) < 4.78 is 11.0. The molecule has 0 radical (unpaired) electrons. The maximum atomic E-state index is 11.5. The Morgan fingerprint density at radius 3 is 2.12 bits per heavy atom. The van der Waals surface area contributed by atoms with Gasteiger partial charge < -0.3 is 13.7 Å². The molecular formula is C11H12BNO4. The van der Waals surface area contributed by atoms with Gasteiger partial charge in [0.15, 0.2) is 0 Å². The zero-order valence-electron chi connectivity index (χ0n) is 9.46. The van der Waals surface area contributed by atoms with Gasteiger partial charge in [-0.2, -0.15) is 0 Å². The number of fused-ring (bicyclic) bond motifs is 1. The maximum Gasteiger partial charge on any atom is 0.614 e. The van der Waals surface area contributed by atoms with Crippen molar-refractivity contribution in [2.45, 2.75) is 0 Å². The number of carbonyl (C=O) groups is 2. The fourth-order valence-electron chi connectivity index (χ4n) is 2.79. The van der Waals surface area contributed by atoms with Gasteiger partial charge in [0.25, 0.3) is 0 Å². The fraction of sp³-hybridized carbons (Fsp3) is 0.273. The summed E-state index contributed by atoms with van der Waals surface area (Å²) in [5.41, 5.74) is 0.756. The molecule has 0 unspecified atom stereocenters. The van der Waals surface area contributed by atoms with E-state index in [0.29, 0.717) is 0 Å². The molecule has 2 heterocycles. The minimum Gasteiger partial charge on any atom is -0.596 e. The second kappa shape index (κ2) is 3.10. The number of benzene rings is 1. The van der Waals surface area contributed by atoms with E-state index in [4.69, 9.17) is 9.31 Å². The van der Waals surface area contributed by atoms with Gasteiger partial charge in [-0.1, -0.05) is 35.8 Å². The van der Waals surface area contributed by atoms with Crippen LogP contribution in [0.4, 0.5) is 0 Å². The van der Waals surface area contributed by atoms with E-state index in [2.05, 4.69) is 0 Å². The van der Waals surface area contributed by atoms with Crippen molar-refractivity contribution >= 4 is 24.1 Å². The highest BCUT2D eigenvalue weighted by Crippen LogP contribution is 2.33. The van der Waals surface area contributed by atoms with Gasteiger partial charge in [-0.3, -0.25) is 9.59 Å². The monoisotopic (exact) mass is 233 g/mol. The van der Waals surface area contributed by atoms with Gasteiger partial charge in [0.2, 0.25) is 0 Å². The Morgan fingerprint density at radius 2 is 1.59 bits per heavy atom. The number of hydrogen-bond acceptors (Lipinski definition) is 4. The lowest BCUT2D eigenvalue weighted by Gasteiger charge is -2.39. The van der Waals surface area contributed by atoms with Crippen molar-refractivity contribution in [3.05, 3.63) is 30.3 Å². The Morgan fingerprint density at radius 1 is 1.06 bits per heavy atom. The average Bonchev–Trinajstić information content (AvgIpc) is 2.64. The number of rotatable bonds is 1. The number of hydrogen-bond donors (Lipinski definition) is 0. The first-order valence-electron chi connectivity index (χ1n) is 5.53. The SMILES string of the molecule is C[N+]12CC(=O)O[B-]1(c1ccccc1)OC(=O)C2. The Kier molecular flexibility index (Phi) is 1.89. The number of nitrogens with zero attached hydrogens (tertiary/aromatic N) is 1. The summed E-state index contributed by atoms with van der Waals surface area (Å²) in [6.07, 6.45) is 0. The largest absolute Gasteiger partial charge is 0.614 e. The summed E-state index contributed by atoms with van der Waals surface area (Å²) in [7, 11) is 1.82. The minimum absolute atomic E-state index is 0.181. The molecule has 1 aromatic rings. The van der Waals surface area contributed by atoms with Gasteiger partial charge in [0.05, 0.1) is 0 Å². The van der Waals surface area contributed by atoms with Crippen molar-refractivity contribution in [2.24, 2.45) is 0 Å². The molecule has 0 bridgehead atoms. The molecule has 0 N–H and O–H groups in total. The lowest BCUT2D eigenvalue weighted by molar-refractivity contribution is -0.791. The molecule has 0 aliphatic carbocycles.